The fourth-order valence-corrected chi connectivity index (χ4v) is 2.91. The summed E-state index contributed by atoms with van der Waals surface area (Å²) in [5.41, 5.74) is 0.725. The van der Waals surface area contributed by atoms with Gasteiger partial charge in [-0.2, -0.15) is 0 Å². The second-order valence-electron chi connectivity index (χ2n) is 4.81. The van der Waals surface area contributed by atoms with Crippen LogP contribution in [0.25, 0.3) is 0 Å². The molecule has 0 atom stereocenters. The third-order valence-electron chi connectivity index (χ3n) is 3.90. The van der Waals surface area contributed by atoms with Crippen molar-refractivity contribution in [3.05, 3.63) is 0 Å². The minimum atomic E-state index is 0. The number of hydrogen-bond acceptors (Lipinski definition) is 3. The lowest BCUT2D eigenvalue weighted by Crippen LogP contribution is -2.66. The summed E-state index contributed by atoms with van der Waals surface area (Å²) in [5.74, 6) is 0. The second kappa shape index (κ2) is 5.19. The summed E-state index contributed by atoms with van der Waals surface area (Å²) in [6, 6.07) is 0.881. The molecule has 0 aromatic heterocycles. The lowest BCUT2D eigenvalue weighted by molar-refractivity contribution is -0.0704. The molecule has 0 radical (unpaired) electrons. The Morgan fingerprint density at radius 2 is 1.67 bits per heavy atom. The smallest absolute Gasteiger partial charge is 0.0594 e. The summed E-state index contributed by atoms with van der Waals surface area (Å²) in [7, 11) is 0. The Bertz CT molecular complexity index is 198. The molecule has 5 heteroatoms. The first-order chi connectivity index (χ1) is 6.38. The normalized spacial score (nSPS) is 29.6. The molecule has 15 heavy (non-hydrogen) atoms. The maximum atomic E-state index is 5.36. The van der Waals surface area contributed by atoms with Gasteiger partial charge in [-0.25, -0.2) is 0 Å². The van der Waals surface area contributed by atoms with Crippen LogP contribution in [0.2, 0.25) is 0 Å². The van der Waals surface area contributed by atoms with Crippen molar-refractivity contribution in [3.8, 4) is 0 Å². The van der Waals surface area contributed by atoms with Crippen molar-refractivity contribution >= 4 is 24.8 Å². The van der Waals surface area contributed by atoms with E-state index in [9.17, 15) is 0 Å². The largest absolute Gasteiger partial charge is 0.379 e. The van der Waals surface area contributed by atoms with Crippen molar-refractivity contribution in [3.63, 3.8) is 0 Å². The van der Waals surface area contributed by atoms with Gasteiger partial charge in [-0.3, -0.25) is 4.90 Å². The van der Waals surface area contributed by atoms with Gasteiger partial charge >= 0.3 is 0 Å². The molecule has 1 spiro atoms. The summed E-state index contributed by atoms with van der Waals surface area (Å²) in [4.78, 5) is 2.62. The highest BCUT2D eigenvalue weighted by molar-refractivity contribution is 5.85. The molecule has 0 amide bonds. The molecule has 2 aliphatic heterocycles. The average Bonchev–Trinajstić information content (AvgIpc) is 2.01. The van der Waals surface area contributed by atoms with Gasteiger partial charge in [0.2, 0.25) is 0 Å². The Balaban J connectivity index is 0.000000562. The van der Waals surface area contributed by atoms with E-state index in [1.807, 2.05) is 0 Å². The number of nitrogens with zero attached hydrogens (tertiary/aromatic N) is 1. The second-order valence-corrected chi connectivity index (χ2v) is 4.81. The van der Waals surface area contributed by atoms with Gasteiger partial charge in [-0.1, -0.05) is 0 Å². The lowest BCUT2D eigenvalue weighted by Gasteiger charge is -2.57. The number of morpholine rings is 1. The molecule has 3 nitrogen and oxygen atoms in total. The van der Waals surface area contributed by atoms with E-state index in [-0.39, 0.29) is 24.8 Å². The number of halogens is 2. The topological polar surface area (TPSA) is 24.5 Å². The molecule has 0 bridgehead atoms. The van der Waals surface area contributed by atoms with E-state index in [0.29, 0.717) is 0 Å². The van der Waals surface area contributed by atoms with E-state index in [0.717, 1.165) is 37.8 Å². The molecule has 2 heterocycles. The molecular weight excluding hydrogens is 235 g/mol. The van der Waals surface area contributed by atoms with Gasteiger partial charge in [0.15, 0.2) is 0 Å². The summed E-state index contributed by atoms with van der Waals surface area (Å²) in [5, 5.41) is 3.38. The van der Waals surface area contributed by atoms with Crippen LogP contribution in [0.1, 0.15) is 12.8 Å². The first kappa shape index (κ1) is 13.5. The zero-order valence-corrected chi connectivity index (χ0v) is 10.5. The van der Waals surface area contributed by atoms with Crippen LogP contribution in [0.5, 0.6) is 0 Å². The van der Waals surface area contributed by atoms with Crippen LogP contribution in [0.3, 0.4) is 0 Å². The van der Waals surface area contributed by atoms with Crippen LogP contribution in [-0.4, -0.2) is 50.3 Å². The van der Waals surface area contributed by atoms with Gasteiger partial charge < -0.3 is 10.1 Å². The molecule has 0 unspecified atom stereocenters. The van der Waals surface area contributed by atoms with Crippen LogP contribution in [0.15, 0.2) is 0 Å². The quantitative estimate of drug-likeness (QED) is 0.754. The molecule has 0 aromatic carbocycles. The first-order valence-electron chi connectivity index (χ1n) is 5.41. The van der Waals surface area contributed by atoms with Gasteiger partial charge in [-0.15, -0.1) is 24.8 Å². The minimum absolute atomic E-state index is 0. The molecule has 3 rings (SSSR count). The molecule has 3 fully saturated rings. The zero-order valence-electron chi connectivity index (χ0n) is 8.91. The summed E-state index contributed by atoms with van der Waals surface area (Å²) in [6.07, 6.45) is 2.86. The molecule has 1 aliphatic carbocycles. The third-order valence-corrected chi connectivity index (χ3v) is 3.90. The molecular formula is C10H20Cl2N2O. The summed E-state index contributed by atoms with van der Waals surface area (Å²) in [6.45, 7) is 6.76. The average molecular weight is 255 g/mol. The van der Waals surface area contributed by atoms with Gasteiger partial charge in [0.05, 0.1) is 13.2 Å². The van der Waals surface area contributed by atoms with Crippen molar-refractivity contribution in [2.45, 2.75) is 18.9 Å². The number of ether oxygens (including phenoxy) is 1. The van der Waals surface area contributed by atoms with E-state index in [1.165, 1.54) is 25.9 Å². The molecule has 3 aliphatic rings. The first-order valence-corrected chi connectivity index (χ1v) is 5.41. The summed E-state index contributed by atoms with van der Waals surface area (Å²) >= 11 is 0. The fourth-order valence-electron chi connectivity index (χ4n) is 2.91. The molecule has 2 saturated heterocycles. The SMILES string of the molecule is C1CN(C2CC3(CNC3)C2)CCO1.Cl.Cl. The predicted octanol–water partition coefficient (Wildman–Crippen LogP) is 0.914. The highest BCUT2D eigenvalue weighted by Crippen LogP contribution is 2.46. The van der Waals surface area contributed by atoms with Crippen molar-refractivity contribution in [1.29, 1.82) is 0 Å². The Kier molecular flexibility index (Phi) is 4.68. The van der Waals surface area contributed by atoms with Crippen molar-refractivity contribution in [2.24, 2.45) is 5.41 Å². The fraction of sp³-hybridized carbons (Fsp3) is 1.00. The highest BCUT2D eigenvalue weighted by Gasteiger charge is 2.50. The number of rotatable bonds is 1. The number of hydrogen-bond donors (Lipinski definition) is 1. The van der Waals surface area contributed by atoms with Gasteiger partial charge in [0.1, 0.15) is 0 Å². The minimum Gasteiger partial charge on any atom is -0.379 e. The number of nitrogens with one attached hydrogen (secondary N) is 1. The van der Waals surface area contributed by atoms with Crippen LogP contribution >= 0.6 is 24.8 Å². The zero-order chi connectivity index (χ0) is 8.73. The van der Waals surface area contributed by atoms with Crippen LogP contribution in [0, 0.1) is 5.41 Å². The van der Waals surface area contributed by atoms with E-state index in [2.05, 4.69) is 10.2 Å². The van der Waals surface area contributed by atoms with Crippen molar-refractivity contribution < 1.29 is 4.74 Å². The Morgan fingerprint density at radius 3 is 2.13 bits per heavy atom. The lowest BCUT2D eigenvalue weighted by atomic mass is 9.61. The van der Waals surface area contributed by atoms with Crippen molar-refractivity contribution in [2.75, 3.05) is 39.4 Å². The van der Waals surface area contributed by atoms with Gasteiger partial charge in [0.25, 0.3) is 0 Å². The van der Waals surface area contributed by atoms with Crippen LogP contribution < -0.4 is 5.32 Å². The molecule has 0 aromatic rings. The third kappa shape index (κ3) is 2.42. The van der Waals surface area contributed by atoms with E-state index < -0.39 is 0 Å². The predicted molar refractivity (Wildman–Crippen MR) is 65.2 cm³/mol. The molecule has 90 valence electrons. The van der Waals surface area contributed by atoms with Gasteiger partial charge in [0, 0.05) is 32.2 Å². The van der Waals surface area contributed by atoms with Crippen molar-refractivity contribution in [1.82, 2.24) is 10.2 Å². The Labute approximate surface area is 104 Å². The van der Waals surface area contributed by atoms with E-state index >= 15 is 0 Å². The van der Waals surface area contributed by atoms with E-state index in [4.69, 9.17) is 4.74 Å². The van der Waals surface area contributed by atoms with E-state index in [1.54, 1.807) is 0 Å². The molecule has 1 saturated carbocycles. The maximum Gasteiger partial charge on any atom is 0.0594 e. The van der Waals surface area contributed by atoms with Crippen LogP contribution in [0.4, 0.5) is 0 Å². The Hall–Kier alpha value is 0.460. The Morgan fingerprint density at radius 1 is 1.07 bits per heavy atom. The molecule has 1 N–H and O–H groups in total. The monoisotopic (exact) mass is 254 g/mol. The standard InChI is InChI=1S/C10H18N2O.2ClH/c1-3-13-4-2-12(1)9-5-10(6-9)7-11-8-10;;/h9,11H,1-8H2;2*1H. The highest BCUT2D eigenvalue weighted by atomic mass is 35.5. The maximum absolute atomic E-state index is 5.36. The van der Waals surface area contributed by atoms with Gasteiger partial charge in [-0.05, 0) is 18.3 Å². The van der Waals surface area contributed by atoms with Crippen LogP contribution in [-0.2, 0) is 4.74 Å². The summed E-state index contributed by atoms with van der Waals surface area (Å²) < 4.78 is 5.36.